The van der Waals surface area contributed by atoms with Crippen molar-refractivity contribution < 1.29 is 9.90 Å². The van der Waals surface area contributed by atoms with Crippen LogP contribution in [-0.2, 0) is 20.2 Å². The summed E-state index contributed by atoms with van der Waals surface area (Å²) in [6, 6.07) is 9.06. The zero-order chi connectivity index (χ0) is 13.8. The van der Waals surface area contributed by atoms with E-state index in [2.05, 4.69) is 5.32 Å². The van der Waals surface area contributed by atoms with Crippen molar-refractivity contribution in [3.05, 3.63) is 58.4 Å². The van der Waals surface area contributed by atoms with E-state index in [0.717, 1.165) is 11.1 Å². The lowest BCUT2D eigenvalue weighted by Crippen LogP contribution is -2.24. The van der Waals surface area contributed by atoms with Crippen molar-refractivity contribution in [3.63, 3.8) is 0 Å². The SMILES string of the molecule is Cn1cc(Cl)cc1C(=O)NCc1ccc(CO)cc1. The number of aryl methyl sites for hydroxylation is 1. The van der Waals surface area contributed by atoms with Crippen LogP contribution in [0.5, 0.6) is 0 Å². The zero-order valence-corrected chi connectivity index (χ0v) is 11.3. The van der Waals surface area contributed by atoms with Crippen molar-refractivity contribution in [3.8, 4) is 0 Å². The van der Waals surface area contributed by atoms with Crippen molar-refractivity contribution >= 4 is 17.5 Å². The van der Waals surface area contributed by atoms with E-state index in [-0.39, 0.29) is 12.5 Å². The number of halogens is 1. The zero-order valence-electron chi connectivity index (χ0n) is 10.6. The quantitative estimate of drug-likeness (QED) is 0.900. The summed E-state index contributed by atoms with van der Waals surface area (Å²) in [6.45, 7) is 0.460. The largest absolute Gasteiger partial charge is 0.392 e. The van der Waals surface area contributed by atoms with Gasteiger partial charge in [-0.3, -0.25) is 4.79 Å². The highest BCUT2D eigenvalue weighted by atomic mass is 35.5. The third kappa shape index (κ3) is 3.36. The highest BCUT2D eigenvalue weighted by Gasteiger charge is 2.10. The fraction of sp³-hybridized carbons (Fsp3) is 0.214. The normalized spacial score (nSPS) is 10.5. The predicted octanol–water partition coefficient (Wildman–Crippen LogP) is 2.10. The lowest BCUT2D eigenvalue weighted by Gasteiger charge is -2.06. The van der Waals surface area contributed by atoms with Crippen LogP contribution in [0.3, 0.4) is 0 Å². The van der Waals surface area contributed by atoms with E-state index in [1.807, 2.05) is 24.3 Å². The molecular formula is C14H15ClN2O2. The Morgan fingerprint density at radius 2 is 1.95 bits per heavy atom. The number of aliphatic hydroxyl groups is 1. The fourth-order valence-electron chi connectivity index (χ4n) is 1.79. The molecule has 0 bridgehead atoms. The molecule has 1 aromatic carbocycles. The van der Waals surface area contributed by atoms with E-state index < -0.39 is 0 Å². The van der Waals surface area contributed by atoms with Crippen molar-refractivity contribution in [1.29, 1.82) is 0 Å². The minimum absolute atomic E-state index is 0.0223. The summed E-state index contributed by atoms with van der Waals surface area (Å²) in [4.78, 5) is 11.9. The van der Waals surface area contributed by atoms with Gasteiger partial charge in [-0.15, -0.1) is 0 Å². The van der Waals surface area contributed by atoms with Crippen molar-refractivity contribution in [2.24, 2.45) is 7.05 Å². The molecule has 2 N–H and O–H groups in total. The van der Waals surface area contributed by atoms with E-state index in [1.165, 1.54) is 0 Å². The van der Waals surface area contributed by atoms with Gasteiger partial charge >= 0.3 is 0 Å². The molecule has 0 saturated heterocycles. The Labute approximate surface area is 116 Å². The number of carbonyl (C=O) groups excluding carboxylic acids is 1. The second kappa shape index (κ2) is 5.91. The summed E-state index contributed by atoms with van der Waals surface area (Å²) in [5.74, 6) is -0.166. The Morgan fingerprint density at radius 1 is 1.32 bits per heavy atom. The van der Waals surface area contributed by atoms with E-state index in [1.54, 1.807) is 23.9 Å². The van der Waals surface area contributed by atoms with E-state index in [0.29, 0.717) is 17.3 Å². The van der Waals surface area contributed by atoms with E-state index >= 15 is 0 Å². The van der Waals surface area contributed by atoms with Crippen LogP contribution in [0.15, 0.2) is 36.5 Å². The van der Waals surface area contributed by atoms with Gasteiger partial charge in [0.05, 0.1) is 11.6 Å². The molecule has 2 rings (SSSR count). The molecule has 4 nitrogen and oxygen atoms in total. The Balaban J connectivity index is 1.98. The first kappa shape index (κ1) is 13.6. The first-order chi connectivity index (χ1) is 9.10. The number of hydrogen-bond acceptors (Lipinski definition) is 2. The number of aliphatic hydroxyl groups excluding tert-OH is 1. The molecule has 0 saturated carbocycles. The Hall–Kier alpha value is -1.78. The van der Waals surface area contributed by atoms with Crippen LogP contribution < -0.4 is 5.32 Å². The first-order valence-corrected chi connectivity index (χ1v) is 6.26. The van der Waals surface area contributed by atoms with Crippen LogP contribution in [0.1, 0.15) is 21.6 Å². The van der Waals surface area contributed by atoms with Gasteiger partial charge in [0.1, 0.15) is 5.69 Å². The predicted molar refractivity (Wildman–Crippen MR) is 74.0 cm³/mol. The molecular weight excluding hydrogens is 264 g/mol. The molecule has 1 heterocycles. The van der Waals surface area contributed by atoms with Crippen LogP contribution in [0.4, 0.5) is 0 Å². The summed E-state index contributed by atoms with van der Waals surface area (Å²) in [5.41, 5.74) is 2.35. The molecule has 0 atom stereocenters. The third-order valence-corrected chi connectivity index (χ3v) is 3.07. The van der Waals surface area contributed by atoms with Crippen LogP contribution in [-0.4, -0.2) is 15.6 Å². The van der Waals surface area contributed by atoms with E-state index in [4.69, 9.17) is 16.7 Å². The summed E-state index contributed by atoms with van der Waals surface area (Å²) in [6.07, 6.45) is 1.69. The van der Waals surface area contributed by atoms with Crippen LogP contribution in [0.25, 0.3) is 0 Å². The topological polar surface area (TPSA) is 54.3 Å². The van der Waals surface area contributed by atoms with Gasteiger partial charge in [-0.05, 0) is 17.2 Å². The molecule has 100 valence electrons. The molecule has 1 amide bonds. The molecule has 2 aromatic rings. The number of aromatic nitrogens is 1. The van der Waals surface area contributed by atoms with Gasteiger partial charge in [-0.1, -0.05) is 35.9 Å². The second-order valence-electron chi connectivity index (χ2n) is 4.31. The van der Waals surface area contributed by atoms with Crippen LogP contribution in [0, 0.1) is 0 Å². The lowest BCUT2D eigenvalue weighted by atomic mass is 10.1. The first-order valence-electron chi connectivity index (χ1n) is 5.89. The number of hydrogen-bond donors (Lipinski definition) is 2. The van der Waals surface area contributed by atoms with Crippen molar-refractivity contribution in [2.45, 2.75) is 13.2 Å². The average molecular weight is 279 g/mol. The molecule has 5 heteroatoms. The van der Waals surface area contributed by atoms with Gasteiger partial charge in [-0.2, -0.15) is 0 Å². The number of amides is 1. The maximum atomic E-state index is 11.9. The summed E-state index contributed by atoms with van der Waals surface area (Å²) in [5, 5.41) is 12.3. The molecule has 1 aromatic heterocycles. The number of rotatable bonds is 4. The number of nitrogens with one attached hydrogen (secondary N) is 1. The summed E-state index contributed by atoms with van der Waals surface area (Å²) >= 11 is 5.84. The second-order valence-corrected chi connectivity index (χ2v) is 4.75. The maximum Gasteiger partial charge on any atom is 0.268 e. The summed E-state index contributed by atoms with van der Waals surface area (Å²) < 4.78 is 1.69. The third-order valence-electron chi connectivity index (χ3n) is 2.86. The van der Waals surface area contributed by atoms with Gasteiger partial charge in [0.2, 0.25) is 0 Å². The Morgan fingerprint density at radius 3 is 2.47 bits per heavy atom. The highest BCUT2D eigenvalue weighted by Crippen LogP contribution is 2.12. The summed E-state index contributed by atoms with van der Waals surface area (Å²) in [7, 11) is 1.77. The number of benzene rings is 1. The lowest BCUT2D eigenvalue weighted by molar-refractivity contribution is 0.0943. The fourth-order valence-corrected chi connectivity index (χ4v) is 2.04. The Bertz CT molecular complexity index is 576. The molecule has 0 unspecified atom stereocenters. The average Bonchev–Trinajstić information content (AvgIpc) is 2.75. The monoisotopic (exact) mass is 278 g/mol. The minimum Gasteiger partial charge on any atom is -0.392 e. The van der Waals surface area contributed by atoms with Gasteiger partial charge in [-0.25, -0.2) is 0 Å². The molecule has 0 fully saturated rings. The molecule has 19 heavy (non-hydrogen) atoms. The van der Waals surface area contributed by atoms with Gasteiger partial charge in [0.25, 0.3) is 5.91 Å². The van der Waals surface area contributed by atoms with Gasteiger partial charge < -0.3 is 15.0 Å². The minimum atomic E-state index is -0.166. The van der Waals surface area contributed by atoms with Crippen LogP contribution >= 0.6 is 11.6 Å². The van der Waals surface area contributed by atoms with E-state index in [9.17, 15) is 4.79 Å². The number of carbonyl (C=O) groups is 1. The number of nitrogens with zero attached hydrogens (tertiary/aromatic N) is 1. The molecule has 0 radical (unpaired) electrons. The smallest absolute Gasteiger partial charge is 0.268 e. The highest BCUT2D eigenvalue weighted by molar-refractivity contribution is 6.31. The van der Waals surface area contributed by atoms with Gasteiger partial charge in [0.15, 0.2) is 0 Å². The van der Waals surface area contributed by atoms with Crippen molar-refractivity contribution in [1.82, 2.24) is 9.88 Å². The molecule has 0 spiro atoms. The molecule has 0 aliphatic rings. The maximum absolute atomic E-state index is 11.9. The molecule has 0 aliphatic carbocycles. The van der Waals surface area contributed by atoms with Crippen LogP contribution in [0.2, 0.25) is 5.02 Å². The Kier molecular flexibility index (Phi) is 4.24. The van der Waals surface area contributed by atoms with Gasteiger partial charge in [0, 0.05) is 19.8 Å². The standard InChI is InChI=1S/C14H15ClN2O2/c1-17-8-12(15)6-13(17)14(19)16-7-10-2-4-11(9-18)5-3-10/h2-6,8,18H,7,9H2,1H3,(H,16,19). The van der Waals surface area contributed by atoms with Crippen molar-refractivity contribution in [2.75, 3.05) is 0 Å². The molecule has 0 aliphatic heterocycles.